The fourth-order valence-electron chi connectivity index (χ4n) is 2.04. The van der Waals surface area contributed by atoms with E-state index in [4.69, 9.17) is 0 Å². The summed E-state index contributed by atoms with van der Waals surface area (Å²) in [4.78, 5) is 13.4. The van der Waals surface area contributed by atoms with Crippen LogP contribution in [0.3, 0.4) is 0 Å². The lowest BCUT2D eigenvalue weighted by Gasteiger charge is -2.22. The summed E-state index contributed by atoms with van der Waals surface area (Å²) in [6.07, 6.45) is 4.46. The van der Waals surface area contributed by atoms with E-state index >= 15 is 0 Å². The molecule has 0 aliphatic carbocycles. The van der Waals surface area contributed by atoms with Crippen LogP contribution >= 0.6 is 0 Å². The van der Waals surface area contributed by atoms with Crippen molar-refractivity contribution in [2.24, 2.45) is 0 Å². The van der Waals surface area contributed by atoms with Crippen molar-refractivity contribution in [1.82, 2.24) is 4.90 Å². The molecule has 1 saturated heterocycles. The number of hydrogen-bond donors (Lipinski definition) is 0. The predicted molar refractivity (Wildman–Crippen MR) is 50.2 cm³/mol. The van der Waals surface area contributed by atoms with Crippen LogP contribution in [0.25, 0.3) is 0 Å². The lowest BCUT2D eigenvalue weighted by Crippen LogP contribution is -2.31. The highest BCUT2D eigenvalue weighted by molar-refractivity contribution is 5.76. The maximum absolute atomic E-state index is 10.9. The SMILES string of the molecule is CCCN1CCC[C@H]1CC(C)=O. The van der Waals surface area contributed by atoms with Crippen LogP contribution in [0.4, 0.5) is 0 Å². The minimum atomic E-state index is 0.336. The van der Waals surface area contributed by atoms with Crippen molar-refractivity contribution in [2.75, 3.05) is 13.1 Å². The fraction of sp³-hybridized carbons (Fsp3) is 0.900. The number of carbonyl (C=O) groups is 1. The minimum absolute atomic E-state index is 0.336. The van der Waals surface area contributed by atoms with E-state index in [0.29, 0.717) is 11.8 Å². The van der Waals surface area contributed by atoms with Gasteiger partial charge in [-0.2, -0.15) is 0 Å². The first kappa shape index (κ1) is 9.72. The van der Waals surface area contributed by atoms with Crippen LogP contribution in [0.2, 0.25) is 0 Å². The van der Waals surface area contributed by atoms with E-state index in [-0.39, 0.29) is 0 Å². The molecule has 1 aliphatic heterocycles. The number of rotatable bonds is 4. The highest BCUT2D eigenvalue weighted by atomic mass is 16.1. The number of ketones is 1. The van der Waals surface area contributed by atoms with Crippen molar-refractivity contribution in [3.05, 3.63) is 0 Å². The second kappa shape index (κ2) is 4.61. The molecular formula is C10H19NO. The summed E-state index contributed by atoms with van der Waals surface area (Å²) >= 11 is 0. The largest absolute Gasteiger partial charge is 0.300 e. The lowest BCUT2D eigenvalue weighted by atomic mass is 10.1. The van der Waals surface area contributed by atoms with E-state index in [9.17, 15) is 4.79 Å². The molecule has 0 aromatic rings. The molecule has 0 bridgehead atoms. The second-order valence-electron chi connectivity index (χ2n) is 3.74. The molecule has 1 heterocycles. The number of hydrogen-bond acceptors (Lipinski definition) is 2. The molecule has 70 valence electrons. The number of Topliss-reactive ketones (excluding diaryl/α,β-unsaturated/α-hetero) is 1. The van der Waals surface area contributed by atoms with Crippen molar-refractivity contribution >= 4 is 5.78 Å². The molecule has 1 atom stereocenters. The van der Waals surface area contributed by atoms with Gasteiger partial charge in [-0.1, -0.05) is 6.92 Å². The van der Waals surface area contributed by atoms with Crippen LogP contribution in [-0.2, 0) is 4.79 Å². The number of likely N-dealkylation sites (tertiary alicyclic amines) is 1. The highest BCUT2D eigenvalue weighted by Gasteiger charge is 2.24. The number of carbonyl (C=O) groups excluding carboxylic acids is 1. The van der Waals surface area contributed by atoms with Crippen LogP contribution < -0.4 is 0 Å². The van der Waals surface area contributed by atoms with Crippen LogP contribution in [0.1, 0.15) is 39.5 Å². The van der Waals surface area contributed by atoms with Gasteiger partial charge in [-0.25, -0.2) is 0 Å². The first-order valence-corrected chi connectivity index (χ1v) is 4.97. The zero-order chi connectivity index (χ0) is 8.97. The van der Waals surface area contributed by atoms with Crippen LogP contribution in [0.5, 0.6) is 0 Å². The average molecular weight is 169 g/mol. The van der Waals surface area contributed by atoms with E-state index in [1.807, 2.05) is 0 Å². The van der Waals surface area contributed by atoms with E-state index in [2.05, 4.69) is 11.8 Å². The van der Waals surface area contributed by atoms with Gasteiger partial charge in [0.2, 0.25) is 0 Å². The van der Waals surface area contributed by atoms with Crippen LogP contribution in [-0.4, -0.2) is 29.8 Å². The van der Waals surface area contributed by atoms with Gasteiger partial charge >= 0.3 is 0 Å². The number of nitrogens with zero attached hydrogens (tertiary/aromatic N) is 1. The van der Waals surface area contributed by atoms with Gasteiger partial charge in [0.1, 0.15) is 5.78 Å². The molecule has 0 radical (unpaired) electrons. The summed E-state index contributed by atoms with van der Waals surface area (Å²) < 4.78 is 0. The summed E-state index contributed by atoms with van der Waals surface area (Å²) in [7, 11) is 0. The van der Waals surface area contributed by atoms with Gasteiger partial charge < -0.3 is 0 Å². The Kier molecular flexibility index (Phi) is 3.73. The van der Waals surface area contributed by atoms with Crippen molar-refractivity contribution in [1.29, 1.82) is 0 Å². The maximum atomic E-state index is 10.9. The molecule has 0 saturated carbocycles. The third kappa shape index (κ3) is 2.59. The van der Waals surface area contributed by atoms with Crippen molar-refractivity contribution in [2.45, 2.75) is 45.6 Å². The summed E-state index contributed by atoms with van der Waals surface area (Å²) in [5.74, 6) is 0.336. The van der Waals surface area contributed by atoms with E-state index in [1.54, 1.807) is 6.92 Å². The molecule has 1 fully saturated rings. The first-order chi connectivity index (χ1) is 5.74. The van der Waals surface area contributed by atoms with Gasteiger partial charge in [0.05, 0.1) is 0 Å². The molecule has 0 aromatic carbocycles. The summed E-state index contributed by atoms with van der Waals surface area (Å²) in [5.41, 5.74) is 0. The second-order valence-corrected chi connectivity index (χ2v) is 3.74. The standard InChI is InChI=1S/C10H19NO/c1-3-6-11-7-4-5-10(11)8-9(2)12/h10H,3-8H2,1-2H3/t10-/m0/s1. The van der Waals surface area contributed by atoms with Crippen molar-refractivity contribution in [3.63, 3.8) is 0 Å². The van der Waals surface area contributed by atoms with Gasteiger partial charge in [0.25, 0.3) is 0 Å². The topological polar surface area (TPSA) is 20.3 Å². The van der Waals surface area contributed by atoms with Gasteiger partial charge in [-0.3, -0.25) is 9.69 Å². The normalized spacial score (nSPS) is 24.7. The Morgan fingerprint density at radius 3 is 2.92 bits per heavy atom. The Morgan fingerprint density at radius 1 is 1.58 bits per heavy atom. The summed E-state index contributed by atoms with van der Waals surface area (Å²) in [6.45, 7) is 6.26. The molecule has 1 rings (SSSR count). The average Bonchev–Trinajstić information content (AvgIpc) is 2.37. The highest BCUT2D eigenvalue weighted by Crippen LogP contribution is 2.20. The molecule has 0 unspecified atom stereocenters. The molecule has 0 aromatic heterocycles. The van der Waals surface area contributed by atoms with Gasteiger partial charge in [-0.15, -0.1) is 0 Å². The fourth-order valence-corrected chi connectivity index (χ4v) is 2.04. The van der Waals surface area contributed by atoms with Crippen molar-refractivity contribution in [3.8, 4) is 0 Å². The van der Waals surface area contributed by atoms with Gasteiger partial charge in [0, 0.05) is 12.5 Å². The third-order valence-electron chi connectivity index (χ3n) is 2.53. The van der Waals surface area contributed by atoms with Gasteiger partial charge in [0.15, 0.2) is 0 Å². The molecule has 0 amide bonds. The third-order valence-corrected chi connectivity index (χ3v) is 2.53. The molecule has 2 nitrogen and oxygen atoms in total. The van der Waals surface area contributed by atoms with E-state index < -0.39 is 0 Å². The quantitative estimate of drug-likeness (QED) is 0.640. The monoisotopic (exact) mass is 169 g/mol. The zero-order valence-corrected chi connectivity index (χ0v) is 8.18. The molecule has 0 spiro atoms. The smallest absolute Gasteiger partial charge is 0.131 e. The Balaban J connectivity index is 2.35. The molecule has 0 N–H and O–H groups in total. The zero-order valence-electron chi connectivity index (χ0n) is 8.18. The predicted octanol–water partition coefficient (Wildman–Crippen LogP) is 1.84. The first-order valence-electron chi connectivity index (χ1n) is 4.97. The lowest BCUT2D eigenvalue weighted by molar-refractivity contribution is -0.118. The Hall–Kier alpha value is -0.370. The van der Waals surface area contributed by atoms with E-state index in [1.165, 1.54) is 25.8 Å². The molecular weight excluding hydrogens is 150 g/mol. The molecule has 1 aliphatic rings. The van der Waals surface area contributed by atoms with Gasteiger partial charge in [-0.05, 0) is 39.3 Å². The molecule has 2 heteroatoms. The summed E-state index contributed by atoms with van der Waals surface area (Å²) in [5, 5.41) is 0. The van der Waals surface area contributed by atoms with E-state index in [0.717, 1.165) is 13.0 Å². The Bertz CT molecular complexity index is 156. The van der Waals surface area contributed by atoms with Crippen molar-refractivity contribution < 1.29 is 4.79 Å². The van der Waals surface area contributed by atoms with Crippen LogP contribution in [0, 0.1) is 0 Å². The maximum Gasteiger partial charge on any atom is 0.131 e. The Labute approximate surface area is 74.9 Å². The summed E-state index contributed by atoms with van der Waals surface area (Å²) in [6, 6.07) is 0.558. The Morgan fingerprint density at radius 2 is 2.33 bits per heavy atom. The van der Waals surface area contributed by atoms with Crippen LogP contribution in [0.15, 0.2) is 0 Å². The minimum Gasteiger partial charge on any atom is -0.300 e. The molecule has 12 heavy (non-hydrogen) atoms.